The molecule has 0 aromatic heterocycles. The van der Waals surface area contributed by atoms with Gasteiger partial charge in [-0.2, -0.15) is 0 Å². The van der Waals surface area contributed by atoms with Gasteiger partial charge in [0.05, 0.1) is 19.1 Å². The third kappa shape index (κ3) is 5.82. The molecule has 0 saturated carbocycles. The van der Waals surface area contributed by atoms with E-state index in [0.29, 0.717) is 19.4 Å². The van der Waals surface area contributed by atoms with E-state index in [9.17, 15) is 4.79 Å². The van der Waals surface area contributed by atoms with Crippen LogP contribution in [0.15, 0.2) is 12.7 Å². The van der Waals surface area contributed by atoms with Gasteiger partial charge in [-0.05, 0) is 31.5 Å². The van der Waals surface area contributed by atoms with Gasteiger partial charge in [0.25, 0.3) is 0 Å². The fourth-order valence-corrected chi connectivity index (χ4v) is 2.72. The Morgan fingerprint density at radius 3 is 2.33 bits per heavy atom. The summed E-state index contributed by atoms with van der Waals surface area (Å²) < 4.78 is 11.2. The lowest BCUT2D eigenvalue weighted by atomic mass is 10.2. The minimum Gasteiger partial charge on any atom is -0.466 e. The molecule has 0 amide bonds. The van der Waals surface area contributed by atoms with E-state index in [-0.39, 0.29) is 17.1 Å². The molecule has 0 rings (SSSR count). The summed E-state index contributed by atoms with van der Waals surface area (Å²) in [5, 5.41) is 0.140. The zero-order valence-electron chi connectivity index (χ0n) is 12.7. The van der Waals surface area contributed by atoms with Crippen LogP contribution in [0, 0.1) is 0 Å². The minimum atomic E-state index is -1.85. The highest BCUT2D eigenvalue weighted by molar-refractivity contribution is 6.74. The molecule has 0 heterocycles. The van der Waals surface area contributed by atoms with Crippen molar-refractivity contribution in [3.05, 3.63) is 12.7 Å². The quantitative estimate of drug-likeness (QED) is 0.400. The van der Waals surface area contributed by atoms with Crippen LogP contribution >= 0.6 is 0 Å². The van der Waals surface area contributed by atoms with Crippen molar-refractivity contribution in [1.29, 1.82) is 0 Å². The zero-order chi connectivity index (χ0) is 14.4. The topological polar surface area (TPSA) is 35.5 Å². The first-order chi connectivity index (χ1) is 8.14. The van der Waals surface area contributed by atoms with Crippen LogP contribution in [0.3, 0.4) is 0 Å². The molecule has 0 bridgehead atoms. The molecule has 0 aromatic rings. The number of carbonyl (C=O) groups excluding carboxylic acids is 1. The van der Waals surface area contributed by atoms with Gasteiger partial charge in [-0.25, -0.2) is 0 Å². The molecule has 0 radical (unpaired) electrons. The Balaban J connectivity index is 4.62. The van der Waals surface area contributed by atoms with Gasteiger partial charge in [0.1, 0.15) is 0 Å². The third-order valence-electron chi connectivity index (χ3n) is 3.40. The van der Waals surface area contributed by atoms with E-state index < -0.39 is 8.32 Å². The van der Waals surface area contributed by atoms with Crippen molar-refractivity contribution in [1.82, 2.24) is 0 Å². The van der Waals surface area contributed by atoms with Gasteiger partial charge in [0.15, 0.2) is 8.32 Å². The van der Waals surface area contributed by atoms with E-state index >= 15 is 0 Å². The van der Waals surface area contributed by atoms with Crippen molar-refractivity contribution in [2.24, 2.45) is 0 Å². The first-order valence-corrected chi connectivity index (χ1v) is 9.49. The molecule has 0 aliphatic heterocycles. The van der Waals surface area contributed by atoms with Crippen LogP contribution in [0.1, 0.15) is 40.5 Å². The summed E-state index contributed by atoms with van der Waals surface area (Å²) in [4.78, 5) is 11.5. The highest BCUT2D eigenvalue weighted by Crippen LogP contribution is 2.38. The highest BCUT2D eigenvalue weighted by atomic mass is 28.4. The van der Waals surface area contributed by atoms with E-state index in [0.717, 1.165) is 0 Å². The van der Waals surface area contributed by atoms with Crippen LogP contribution in [0.25, 0.3) is 0 Å². The first-order valence-electron chi connectivity index (χ1n) is 6.58. The van der Waals surface area contributed by atoms with E-state index in [1.54, 1.807) is 6.08 Å². The van der Waals surface area contributed by atoms with Crippen LogP contribution in [0.2, 0.25) is 18.1 Å². The van der Waals surface area contributed by atoms with Crippen molar-refractivity contribution in [2.75, 3.05) is 6.61 Å². The Labute approximate surface area is 113 Å². The second-order valence-corrected chi connectivity index (χ2v) is 10.8. The highest BCUT2D eigenvalue weighted by Gasteiger charge is 2.39. The average molecular weight is 272 g/mol. The summed E-state index contributed by atoms with van der Waals surface area (Å²) in [6.07, 6.45) is 2.69. The van der Waals surface area contributed by atoms with Gasteiger partial charge in [0.2, 0.25) is 0 Å². The SMILES string of the molecule is C=CC[C@H](CC(=O)OCC)O[Si](C)(C)C(C)(C)C. The molecule has 0 spiro atoms. The molecule has 0 aliphatic rings. The van der Waals surface area contributed by atoms with Crippen molar-refractivity contribution in [3.63, 3.8) is 0 Å². The lowest BCUT2D eigenvalue weighted by molar-refractivity contribution is -0.145. The van der Waals surface area contributed by atoms with E-state index in [2.05, 4.69) is 40.4 Å². The molecule has 0 saturated heterocycles. The molecule has 0 fully saturated rings. The summed E-state index contributed by atoms with van der Waals surface area (Å²) in [5.41, 5.74) is 0. The van der Waals surface area contributed by atoms with E-state index in [1.165, 1.54) is 0 Å². The Bertz CT molecular complexity index is 279. The van der Waals surface area contributed by atoms with Crippen LogP contribution < -0.4 is 0 Å². The molecular weight excluding hydrogens is 244 g/mol. The molecule has 3 nitrogen and oxygen atoms in total. The molecular formula is C14H28O3Si. The third-order valence-corrected chi connectivity index (χ3v) is 7.93. The zero-order valence-corrected chi connectivity index (χ0v) is 13.7. The molecule has 4 heteroatoms. The van der Waals surface area contributed by atoms with Crippen LogP contribution in [0.4, 0.5) is 0 Å². The molecule has 106 valence electrons. The minimum absolute atomic E-state index is 0.109. The van der Waals surface area contributed by atoms with Gasteiger partial charge >= 0.3 is 5.97 Å². The van der Waals surface area contributed by atoms with Gasteiger partial charge in [-0.15, -0.1) is 6.58 Å². The Morgan fingerprint density at radius 1 is 1.39 bits per heavy atom. The second kappa shape index (κ2) is 7.09. The Kier molecular flexibility index (Phi) is 6.85. The summed E-state index contributed by atoms with van der Waals surface area (Å²) in [6, 6.07) is 0. The molecule has 1 atom stereocenters. The Morgan fingerprint density at radius 2 is 1.94 bits per heavy atom. The first kappa shape index (κ1) is 17.4. The standard InChI is InChI=1S/C14H28O3Si/c1-8-10-12(11-13(15)16-9-2)17-18(6,7)14(3,4)5/h8,12H,1,9-11H2,2-7H3/t12-/m1/s1. The Hall–Kier alpha value is -0.613. The molecule has 0 unspecified atom stereocenters. The second-order valence-electron chi connectivity index (χ2n) is 6.03. The predicted molar refractivity (Wildman–Crippen MR) is 78.1 cm³/mol. The number of hydrogen-bond acceptors (Lipinski definition) is 3. The number of carbonyl (C=O) groups is 1. The van der Waals surface area contributed by atoms with Crippen molar-refractivity contribution in [2.45, 2.75) is 64.8 Å². The number of hydrogen-bond donors (Lipinski definition) is 0. The van der Waals surface area contributed by atoms with E-state index in [4.69, 9.17) is 9.16 Å². The number of ether oxygens (including phenoxy) is 1. The molecule has 0 N–H and O–H groups in total. The average Bonchev–Trinajstić information content (AvgIpc) is 2.15. The van der Waals surface area contributed by atoms with Crippen LogP contribution in [-0.4, -0.2) is 27.0 Å². The van der Waals surface area contributed by atoms with Crippen LogP contribution in [0.5, 0.6) is 0 Å². The lowest BCUT2D eigenvalue weighted by Gasteiger charge is -2.39. The normalized spacial score (nSPS) is 14.1. The fourth-order valence-electron chi connectivity index (χ4n) is 1.36. The van der Waals surface area contributed by atoms with Crippen molar-refractivity contribution in [3.8, 4) is 0 Å². The summed E-state index contributed by atoms with van der Waals surface area (Å²) in [7, 11) is -1.85. The maximum atomic E-state index is 11.5. The summed E-state index contributed by atoms with van der Waals surface area (Å²) >= 11 is 0. The van der Waals surface area contributed by atoms with Crippen LogP contribution in [-0.2, 0) is 14.0 Å². The van der Waals surface area contributed by atoms with Gasteiger partial charge in [0, 0.05) is 0 Å². The maximum Gasteiger partial charge on any atom is 0.308 e. The largest absolute Gasteiger partial charge is 0.466 e. The number of esters is 1. The molecule has 0 aromatic carbocycles. The van der Waals surface area contributed by atoms with E-state index in [1.807, 2.05) is 6.92 Å². The summed E-state index contributed by atoms with van der Waals surface area (Å²) in [6.45, 7) is 16.9. The van der Waals surface area contributed by atoms with Crippen molar-refractivity contribution < 1.29 is 14.0 Å². The predicted octanol–water partition coefficient (Wildman–Crippen LogP) is 3.91. The maximum absolute atomic E-state index is 11.5. The summed E-state index contributed by atoms with van der Waals surface area (Å²) in [5.74, 6) is -0.192. The fraction of sp³-hybridized carbons (Fsp3) is 0.786. The van der Waals surface area contributed by atoms with Gasteiger partial charge < -0.3 is 9.16 Å². The smallest absolute Gasteiger partial charge is 0.308 e. The van der Waals surface area contributed by atoms with Gasteiger partial charge in [-0.3, -0.25) is 4.79 Å². The lowest BCUT2D eigenvalue weighted by Crippen LogP contribution is -2.44. The number of rotatable bonds is 7. The molecule has 0 aliphatic carbocycles. The van der Waals surface area contributed by atoms with Gasteiger partial charge in [-0.1, -0.05) is 26.8 Å². The molecule has 18 heavy (non-hydrogen) atoms. The van der Waals surface area contributed by atoms with Crippen molar-refractivity contribution >= 4 is 14.3 Å². The monoisotopic (exact) mass is 272 g/mol.